The lowest BCUT2D eigenvalue weighted by Gasteiger charge is -2.14. The van der Waals surface area contributed by atoms with Crippen LogP contribution in [0.3, 0.4) is 0 Å². The largest absolute Gasteiger partial charge is 0.493 e. The molecule has 1 rings (SSSR count). The normalized spacial score (nSPS) is 11.7. The lowest BCUT2D eigenvalue weighted by Crippen LogP contribution is -2.07. The van der Waals surface area contributed by atoms with Gasteiger partial charge in [-0.15, -0.1) is 0 Å². The Hall–Kier alpha value is -1.07. The van der Waals surface area contributed by atoms with Gasteiger partial charge in [0, 0.05) is 0 Å². The van der Waals surface area contributed by atoms with E-state index in [0.717, 1.165) is 18.6 Å². The highest BCUT2D eigenvalue weighted by molar-refractivity contribution is 7.85. The van der Waals surface area contributed by atoms with Gasteiger partial charge in [0.15, 0.2) is 0 Å². The number of benzene rings is 1. The maximum Gasteiger partial charge on any atom is 0.264 e. The summed E-state index contributed by atoms with van der Waals surface area (Å²) < 4.78 is 36.8. The summed E-state index contributed by atoms with van der Waals surface area (Å²) in [6.07, 6.45) is 21.4. The minimum absolute atomic E-state index is 0.195. The highest BCUT2D eigenvalue weighted by Crippen LogP contribution is 2.25. The number of hydrogen-bond acceptors (Lipinski definition) is 3. The van der Waals surface area contributed by atoms with Crippen molar-refractivity contribution in [2.45, 2.75) is 129 Å². The minimum atomic E-state index is -3.88. The zero-order valence-corrected chi connectivity index (χ0v) is 22.3. The Balaban J connectivity index is 2.50. The van der Waals surface area contributed by atoms with Gasteiger partial charge in [-0.3, -0.25) is 4.55 Å². The molecule has 0 aliphatic rings. The van der Waals surface area contributed by atoms with Crippen LogP contribution in [0.5, 0.6) is 5.75 Å². The van der Waals surface area contributed by atoms with Gasteiger partial charge in [0.2, 0.25) is 0 Å². The van der Waals surface area contributed by atoms with Crippen molar-refractivity contribution in [3.05, 3.63) is 29.3 Å². The highest BCUT2D eigenvalue weighted by Gasteiger charge is 2.08. The standard InChI is InChI=1S/C28H50O4S/c1-3-5-7-9-11-13-15-19-26-21-22-27(20-16-14-12-10-8-6-4-2)28(25-26)32-23-17-18-24-33(29,30)31/h21-22,25H,3-20,23-24H2,1-2H3,(H,29,30,31). The summed E-state index contributed by atoms with van der Waals surface area (Å²) in [5.41, 5.74) is 2.60. The molecule has 0 aliphatic carbocycles. The average molecular weight is 483 g/mol. The van der Waals surface area contributed by atoms with Gasteiger partial charge < -0.3 is 4.74 Å². The Morgan fingerprint density at radius 2 is 1.24 bits per heavy atom. The molecule has 0 unspecified atom stereocenters. The van der Waals surface area contributed by atoms with Crippen LogP contribution in [-0.4, -0.2) is 25.3 Å². The second kappa shape index (κ2) is 19.3. The minimum Gasteiger partial charge on any atom is -0.493 e. The van der Waals surface area contributed by atoms with E-state index < -0.39 is 10.1 Å². The smallest absolute Gasteiger partial charge is 0.264 e. The maximum atomic E-state index is 10.9. The molecule has 1 aromatic rings. The molecule has 0 atom stereocenters. The van der Waals surface area contributed by atoms with E-state index in [1.165, 1.54) is 101 Å². The Morgan fingerprint density at radius 3 is 1.82 bits per heavy atom. The summed E-state index contributed by atoms with van der Waals surface area (Å²) in [6, 6.07) is 6.70. The van der Waals surface area contributed by atoms with E-state index in [1.54, 1.807) is 0 Å². The van der Waals surface area contributed by atoms with Crippen LogP contribution < -0.4 is 4.74 Å². The average Bonchev–Trinajstić information content (AvgIpc) is 2.78. The quantitative estimate of drug-likeness (QED) is 0.133. The molecule has 0 aromatic heterocycles. The zero-order valence-electron chi connectivity index (χ0n) is 21.5. The molecule has 192 valence electrons. The van der Waals surface area contributed by atoms with Crippen LogP contribution in [-0.2, 0) is 23.0 Å². The third-order valence-corrected chi connectivity index (χ3v) is 7.11. The summed E-state index contributed by atoms with van der Waals surface area (Å²) in [6.45, 7) is 4.99. The molecule has 4 nitrogen and oxygen atoms in total. The van der Waals surface area contributed by atoms with Crippen LogP contribution in [0.4, 0.5) is 0 Å². The topological polar surface area (TPSA) is 63.6 Å². The molecule has 0 amide bonds. The van der Waals surface area contributed by atoms with Gasteiger partial charge in [-0.05, 0) is 55.7 Å². The first-order chi connectivity index (χ1) is 16.0. The van der Waals surface area contributed by atoms with Crippen molar-refractivity contribution >= 4 is 10.1 Å². The van der Waals surface area contributed by atoms with E-state index in [1.807, 2.05) is 0 Å². The summed E-state index contributed by atoms with van der Waals surface area (Å²) >= 11 is 0. The molecule has 0 bridgehead atoms. The van der Waals surface area contributed by atoms with Gasteiger partial charge in [-0.1, -0.05) is 103 Å². The van der Waals surface area contributed by atoms with Crippen LogP contribution in [0.2, 0.25) is 0 Å². The maximum absolute atomic E-state index is 10.9. The Bertz CT molecular complexity index is 700. The van der Waals surface area contributed by atoms with Gasteiger partial charge in [-0.25, -0.2) is 0 Å². The predicted octanol–water partition coefficient (Wildman–Crippen LogP) is 8.32. The van der Waals surface area contributed by atoms with Crippen molar-refractivity contribution in [2.24, 2.45) is 0 Å². The molecule has 0 heterocycles. The molecule has 5 heteroatoms. The summed E-state index contributed by atoms with van der Waals surface area (Å²) in [5.74, 6) is 0.771. The number of unbranched alkanes of at least 4 members (excludes halogenated alkanes) is 13. The fourth-order valence-corrected chi connectivity index (χ4v) is 4.79. The number of hydrogen-bond donors (Lipinski definition) is 1. The van der Waals surface area contributed by atoms with Crippen LogP contribution in [0.25, 0.3) is 0 Å². The number of rotatable bonds is 22. The molecule has 0 spiro atoms. The lowest BCUT2D eigenvalue weighted by atomic mass is 9.99. The first-order valence-electron chi connectivity index (χ1n) is 13.7. The molecule has 0 fully saturated rings. The van der Waals surface area contributed by atoms with Gasteiger partial charge in [-0.2, -0.15) is 8.42 Å². The Labute approximate surface area is 204 Å². The molecule has 0 saturated heterocycles. The van der Waals surface area contributed by atoms with Gasteiger partial charge in [0.25, 0.3) is 10.1 Å². The van der Waals surface area contributed by atoms with E-state index in [2.05, 4.69) is 32.0 Å². The van der Waals surface area contributed by atoms with Crippen LogP contribution in [0.15, 0.2) is 18.2 Å². The first kappa shape index (κ1) is 30.0. The molecule has 0 saturated carbocycles. The van der Waals surface area contributed by atoms with Crippen LogP contribution in [0.1, 0.15) is 128 Å². The summed E-state index contributed by atoms with van der Waals surface area (Å²) in [7, 11) is -3.88. The highest BCUT2D eigenvalue weighted by atomic mass is 32.2. The predicted molar refractivity (Wildman–Crippen MR) is 141 cm³/mol. The van der Waals surface area contributed by atoms with E-state index in [0.29, 0.717) is 19.4 Å². The van der Waals surface area contributed by atoms with Gasteiger partial charge in [0.1, 0.15) is 5.75 Å². The van der Waals surface area contributed by atoms with E-state index >= 15 is 0 Å². The summed E-state index contributed by atoms with van der Waals surface area (Å²) in [4.78, 5) is 0. The molecule has 0 radical (unpaired) electrons. The monoisotopic (exact) mass is 482 g/mol. The fraction of sp³-hybridized carbons (Fsp3) is 0.786. The van der Waals surface area contributed by atoms with E-state index in [9.17, 15) is 8.42 Å². The molecular formula is C28H50O4S. The molecule has 1 aromatic carbocycles. The van der Waals surface area contributed by atoms with Crippen molar-refractivity contribution in [3.8, 4) is 5.75 Å². The molecule has 33 heavy (non-hydrogen) atoms. The number of ether oxygens (including phenoxy) is 1. The second-order valence-corrected chi connectivity index (χ2v) is 11.1. The van der Waals surface area contributed by atoms with Crippen LogP contribution >= 0.6 is 0 Å². The van der Waals surface area contributed by atoms with Gasteiger partial charge in [0.05, 0.1) is 12.4 Å². The van der Waals surface area contributed by atoms with Crippen molar-refractivity contribution in [2.75, 3.05) is 12.4 Å². The van der Waals surface area contributed by atoms with Crippen molar-refractivity contribution in [1.82, 2.24) is 0 Å². The third-order valence-electron chi connectivity index (χ3n) is 6.30. The Morgan fingerprint density at radius 1 is 0.697 bits per heavy atom. The SMILES string of the molecule is CCCCCCCCCc1ccc(CCCCCCCCC)c(OCCCCS(=O)(=O)O)c1. The molecular weight excluding hydrogens is 432 g/mol. The fourth-order valence-electron chi connectivity index (χ4n) is 4.22. The van der Waals surface area contributed by atoms with Crippen LogP contribution in [0, 0.1) is 0 Å². The van der Waals surface area contributed by atoms with Crippen molar-refractivity contribution in [3.63, 3.8) is 0 Å². The van der Waals surface area contributed by atoms with Gasteiger partial charge >= 0.3 is 0 Å². The molecule has 1 N–H and O–H groups in total. The van der Waals surface area contributed by atoms with Crippen molar-refractivity contribution < 1.29 is 17.7 Å². The van der Waals surface area contributed by atoms with Crippen molar-refractivity contribution in [1.29, 1.82) is 0 Å². The second-order valence-electron chi connectivity index (χ2n) is 9.53. The van der Waals surface area contributed by atoms with E-state index in [4.69, 9.17) is 9.29 Å². The Kier molecular flexibility index (Phi) is 17.5. The zero-order chi connectivity index (χ0) is 24.2. The number of aryl methyl sites for hydroxylation is 2. The lowest BCUT2D eigenvalue weighted by molar-refractivity contribution is 0.305. The molecule has 0 aliphatic heterocycles. The first-order valence-corrected chi connectivity index (χ1v) is 15.3. The van der Waals surface area contributed by atoms with E-state index in [-0.39, 0.29) is 5.75 Å². The summed E-state index contributed by atoms with van der Waals surface area (Å²) in [5, 5.41) is 0. The third kappa shape index (κ3) is 17.1.